The van der Waals surface area contributed by atoms with Crippen molar-refractivity contribution < 1.29 is 9.84 Å². The Kier molecular flexibility index (Phi) is 6.91. The molecule has 0 radical (unpaired) electrons. The van der Waals surface area contributed by atoms with E-state index in [1.807, 2.05) is 37.3 Å². The molecule has 4 N–H and O–H groups in total. The van der Waals surface area contributed by atoms with E-state index in [-0.39, 0.29) is 6.61 Å². The number of aromatic amines is 1. The van der Waals surface area contributed by atoms with Gasteiger partial charge in [0.05, 0.1) is 12.3 Å². The average Bonchev–Trinajstić information content (AvgIpc) is 3.24. The number of ether oxygens (including phenoxy) is 1. The van der Waals surface area contributed by atoms with Crippen molar-refractivity contribution in [3.63, 3.8) is 0 Å². The molecule has 1 aliphatic rings. The van der Waals surface area contributed by atoms with Crippen LogP contribution in [0, 0.1) is 6.92 Å². The lowest BCUT2D eigenvalue weighted by Gasteiger charge is -2.34. The van der Waals surface area contributed by atoms with Gasteiger partial charge in [0.25, 0.3) is 0 Å². The first-order valence-corrected chi connectivity index (χ1v) is 11.9. The van der Waals surface area contributed by atoms with Crippen LogP contribution in [-0.4, -0.2) is 69.2 Å². The predicted molar refractivity (Wildman–Crippen MR) is 137 cm³/mol. The number of H-pyrrole nitrogens is 1. The SMILES string of the molecule is Cc1cc2cc(Oc3ccnc(N(N)c4cccc(CN5CCN(CCO)CC5)c4)n3)ccc2[nH]1. The first-order valence-electron chi connectivity index (χ1n) is 11.9. The zero-order valence-electron chi connectivity index (χ0n) is 19.9. The molecule has 4 aromatic rings. The van der Waals surface area contributed by atoms with E-state index in [2.05, 4.69) is 43.0 Å². The number of hydrogen-bond acceptors (Lipinski definition) is 8. The second-order valence-electron chi connectivity index (χ2n) is 8.88. The van der Waals surface area contributed by atoms with Crippen LogP contribution < -0.4 is 15.6 Å². The molecule has 0 atom stereocenters. The van der Waals surface area contributed by atoms with E-state index in [0.717, 1.165) is 61.6 Å². The third kappa shape index (κ3) is 5.60. The number of piperazine rings is 1. The van der Waals surface area contributed by atoms with Gasteiger partial charge in [-0.15, -0.1) is 0 Å². The standard InChI is InChI=1S/C26H31N7O2/c1-19-15-21-17-23(5-6-24(21)29-19)35-25-7-8-28-26(30-25)33(27)22-4-2-3-20(16-22)18-32-11-9-31(10-12-32)13-14-34/h2-8,15-17,29,34H,9-14,18,27H2,1H3. The van der Waals surface area contributed by atoms with Crippen LogP contribution in [-0.2, 0) is 6.54 Å². The molecule has 182 valence electrons. The molecular weight excluding hydrogens is 442 g/mol. The monoisotopic (exact) mass is 473 g/mol. The molecule has 0 saturated carbocycles. The number of β-amino-alcohol motifs (C(OH)–C–C–N with tert-alkyl or cyclic N) is 1. The molecule has 0 amide bonds. The Bertz CT molecular complexity index is 1280. The van der Waals surface area contributed by atoms with Gasteiger partial charge in [-0.05, 0) is 48.9 Å². The van der Waals surface area contributed by atoms with Crippen molar-refractivity contribution in [1.82, 2.24) is 24.8 Å². The summed E-state index contributed by atoms with van der Waals surface area (Å²) in [5, 5.41) is 11.7. The quantitative estimate of drug-likeness (QED) is 0.265. The summed E-state index contributed by atoms with van der Waals surface area (Å²) >= 11 is 0. The number of aliphatic hydroxyl groups is 1. The zero-order chi connectivity index (χ0) is 24.2. The summed E-state index contributed by atoms with van der Waals surface area (Å²) in [7, 11) is 0. The number of benzene rings is 2. The first kappa shape index (κ1) is 23.3. The molecule has 3 heterocycles. The highest BCUT2D eigenvalue weighted by Gasteiger charge is 2.17. The number of aromatic nitrogens is 3. The van der Waals surface area contributed by atoms with Crippen LogP contribution in [0.1, 0.15) is 11.3 Å². The van der Waals surface area contributed by atoms with Crippen LogP contribution in [0.5, 0.6) is 11.6 Å². The van der Waals surface area contributed by atoms with Crippen LogP contribution in [0.15, 0.2) is 60.8 Å². The van der Waals surface area contributed by atoms with Gasteiger partial charge in [0.2, 0.25) is 11.8 Å². The fourth-order valence-corrected chi connectivity index (χ4v) is 4.44. The Morgan fingerprint density at radius 3 is 2.71 bits per heavy atom. The molecule has 1 fully saturated rings. The second-order valence-corrected chi connectivity index (χ2v) is 8.88. The molecular formula is C26H31N7O2. The Labute approximate surface area is 204 Å². The topological polar surface area (TPSA) is 107 Å². The second kappa shape index (κ2) is 10.4. The fraction of sp³-hybridized carbons (Fsp3) is 0.308. The molecule has 0 unspecified atom stereocenters. The first-order chi connectivity index (χ1) is 17.1. The fourth-order valence-electron chi connectivity index (χ4n) is 4.44. The van der Waals surface area contributed by atoms with Gasteiger partial charge in [-0.2, -0.15) is 4.98 Å². The van der Waals surface area contributed by atoms with Gasteiger partial charge in [0, 0.05) is 68.1 Å². The number of hydrogen-bond donors (Lipinski definition) is 3. The molecule has 2 aromatic carbocycles. The van der Waals surface area contributed by atoms with Gasteiger partial charge in [-0.3, -0.25) is 9.80 Å². The van der Waals surface area contributed by atoms with E-state index in [0.29, 0.717) is 17.6 Å². The van der Waals surface area contributed by atoms with E-state index in [4.69, 9.17) is 15.7 Å². The number of fused-ring (bicyclic) bond motifs is 1. The number of nitrogens with two attached hydrogens (primary N) is 1. The number of nitrogens with zero attached hydrogens (tertiary/aromatic N) is 5. The summed E-state index contributed by atoms with van der Waals surface area (Å²) in [6, 6.07) is 17.8. The van der Waals surface area contributed by atoms with Gasteiger partial charge in [0.1, 0.15) is 5.75 Å². The largest absolute Gasteiger partial charge is 0.439 e. The number of rotatable bonds is 8. The van der Waals surface area contributed by atoms with Gasteiger partial charge in [-0.25, -0.2) is 15.8 Å². The summed E-state index contributed by atoms with van der Waals surface area (Å²) in [5.74, 6) is 7.90. The Balaban J connectivity index is 1.26. The average molecular weight is 474 g/mol. The maximum atomic E-state index is 9.14. The molecule has 0 spiro atoms. The molecule has 35 heavy (non-hydrogen) atoms. The van der Waals surface area contributed by atoms with Crippen molar-refractivity contribution in [2.75, 3.05) is 44.3 Å². The summed E-state index contributed by atoms with van der Waals surface area (Å²) in [6.45, 7) is 7.74. The van der Waals surface area contributed by atoms with Gasteiger partial charge in [0.15, 0.2) is 0 Å². The van der Waals surface area contributed by atoms with Crippen LogP contribution in [0.3, 0.4) is 0 Å². The van der Waals surface area contributed by atoms with E-state index in [9.17, 15) is 0 Å². The Morgan fingerprint density at radius 1 is 1.06 bits per heavy atom. The normalized spacial score (nSPS) is 14.9. The van der Waals surface area contributed by atoms with Gasteiger partial charge in [-0.1, -0.05) is 12.1 Å². The van der Waals surface area contributed by atoms with Crippen LogP contribution in [0.2, 0.25) is 0 Å². The lowest BCUT2D eigenvalue weighted by molar-refractivity contribution is 0.108. The minimum Gasteiger partial charge on any atom is -0.439 e. The summed E-state index contributed by atoms with van der Waals surface area (Å²) in [4.78, 5) is 16.9. The highest BCUT2D eigenvalue weighted by Crippen LogP contribution is 2.27. The molecule has 5 rings (SSSR count). The van der Waals surface area contributed by atoms with Crippen molar-refractivity contribution in [2.24, 2.45) is 5.84 Å². The third-order valence-corrected chi connectivity index (χ3v) is 6.26. The zero-order valence-corrected chi connectivity index (χ0v) is 19.9. The van der Waals surface area contributed by atoms with Crippen molar-refractivity contribution in [2.45, 2.75) is 13.5 Å². The van der Waals surface area contributed by atoms with Crippen molar-refractivity contribution in [3.8, 4) is 11.6 Å². The summed E-state index contributed by atoms with van der Waals surface area (Å²) in [5.41, 5.74) is 4.16. The predicted octanol–water partition coefficient (Wildman–Crippen LogP) is 3.18. The molecule has 2 aromatic heterocycles. The van der Waals surface area contributed by atoms with Crippen LogP contribution >= 0.6 is 0 Å². The minimum atomic E-state index is 0.213. The van der Waals surface area contributed by atoms with Crippen molar-refractivity contribution in [3.05, 3.63) is 72.1 Å². The highest BCUT2D eigenvalue weighted by molar-refractivity contribution is 5.81. The highest BCUT2D eigenvalue weighted by atomic mass is 16.5. The minimum absolute atomic E-state index is 0.213. The number of aliphatic hydroxyl groups excluding tert-OH is 1. The van der Waals surface area contributed by atoms with E-state index in [1.54, 1.807) is 12.3 Å². The third-order valence-electron chi connectivity index (χ3n) is 6.26. The molecule has 9 nitrogen and oxygen atoms in total. The summed E-state index contributed by atoms with van der Waals surface area (Å²) < 4.78 is 6.00. The summed E-state index contributed by atoms with van der Waals surface area (Å²) in [6.07, 6.45) is 1.65. The van der Waals surface area contributed by atoms with Gasteiger partial charge >= 0.3 is 0 Å². The lowest BCUT2D eigenvalue weighted by atomic mass is 10.1. The van der Waals surface area contributed by atoms with Crippen LogP contribution in [0.25, 0.3) is 10.9 Å². The van der Waals surface area contributed by atoms with Crippen LogP contribution in [0.4, 0.5) is 11.6 Å². The van der Waals surface area contributed by atoms with E-state index < -0.39 is 0 Å². The Morgan fingerprint density at radius 2 is 1.89 bits per heavy atom. The number of nitrogens with one attached hydrogen (secondary N) is 1. The number of aryl methyl sites for hydroxylation is 1. The molecule has 0 aliphatic carbocycles. The number of anilines is 2. The molecule has 9 heteroatoms. The Hall–Kier alpha value is -3.50. The molecule has 1 aliphatic heterocycles. The number of hydrazine groups is 1. The smallest absolute Gasteiger partial charge is 0.247 e. The molecule has 1 saturated heterocycles. The van der Waals surface area contributed by atoms with E-state index >= 15 is 0 Å². The lowest BCUT2D eigenvalue weighted by Crippen LogP contribution is -2.46. The van der Waals surface area contributed by atoms with Gasteiger partial charge < -0.3 is 14.8 Å². The maximum absolute atomic E-state index is 9.14. The maximum Gasteiger partial charge on any atom is 0.247 e. The van der Waals surface area contributed by atoms with E-state index in [1.165, 1.54) is 10.6 Å². The van der Waals surface area contributed by atoms with Crippen molar-refractivity contribution in [1.29, 1.82) is 0 Å². The molecule has 0 bridgehead atoms. The van der Waals surface area contributed by atoms with Crippen molar-refractivity contribution >= 4 is 22.5 Å².